The lowest BCUT2D eigenvalue weighted by Gasteiger charge is -2.32. The largest absolute Gasteiger partial charge is 0.304 e. The summed E-state index contributed by atoms with van der Waals surface area (Å²) in [6.07, 6.45) is 4.08. The summed E-state index contributed by atoms with van der Waals surface area (Å²) in [5.41, 5.74) is 4.27. The summed E-state index contributed by atoms with van der Waals surface area (Å²) in [6, 6.07) is 20.1. The first-order valence-electron chi connectivity index (χ1n) is 11.3. The van der Waals surface area contributed by atoms with Crippen LogP contribution in [0.4, 0.5) is 0 Å². The van der Waals surface area contributed by atoms with Crippen LogP contribution in [0.25, 0.3) is 34.4 Å². The third-order valence-corrected chi connectivity index (χ3v) is 6.50. The summed E-state index contributed by atoms with van der Waals surface area (Å²) in [5.74, 6) is 0. The first kappa shape index (κ1) is 21.8. The number of rotatable bonds is 6. The first-order valence-corrected chi connectivity index (χ1v) is 11.7. The molecule has 2 aromatic heterocycles. The Morgan fingerprint density at radius 2 is 1.55 bits per heavy atom. The topological polar surface area (TPSA) is 50.1 Å². The highest BCUT2D eigenvalue weighted by atomic mass is 35.5. The minimum atomic E-state index is 0.588. The van der Waals surface area contributed by atoms with Crippen LogP contribution < -0.4 is 0 Å². The van der Waals surface area contributed by atoms with Gasteiger partial charge in [0.1, 0.15) is 5.69 Å². The Morgan fingerprint density at radius 3 is 2.27 bits per heavy atom. The van der Waals surface area contributed by atoms with Crippen molar-refractivity contribution in [2.75, 3.05) is 39.8 Å². The maximum absolute atomic E-state index is 6.94. The molecular weight excluding hydrogens is 432 g/mol. The molecule has 6 nitrogen and oxygen atoms in total. The Balaban J connectivity index is 1.52. The molecule has 5 rings (SSSR count). The fourth-order valence-corrected chi connectivity index (χ4v) is 4.47. The monoisotopic (exact) mass is 458 g/mol. The van der Waals surface area contributed by atoms with Crippen molar-refractivity contribution < 1.29 is 0 Å². The van der Waals surface area contributed by atoms with E-state index in [0.717, 1.165) is 67.1 Å². The molecule has 3 heterocycles. The zero-order valence-electron chi connectivity index (χ0n) is 18.7. The molecule has 0 atom stereocenters. The summed E-state index contributed by atoms with van der Waals surface area (Å²) in [5, 5.41) is 15.4. The number of hydrogen-bond donors (Lipinski definition) is 0. The van der Waals surface area contributed by atoms with E-state index in [-0.39, 0.29) is 0 Å². The van der Waals surface area contributed by atoms with E-state index in [1.165, 1.54) is 0 Å². The molecule has 0 saturated carbocycles. The van der Waals surface area contributed by atoms with Crippen molar-refractivity contribution in [2.24, 2.45) is 0 Å². The Hall–Kier alpha value is -3.06. The van der Waals surface area contributed by atoms with Gasteiger partial charge >= 0.3 is 0 Å². The lowest BCUT2D eigenvalue weighted by atomic mass is 10.1. The lowest BCUT2D eigenvalue weighted by Crippen LogP contribution is -2.45. The van der Waals surface area contributed by atoms with Crippen LogP contribution in [0.15, 0.2) is 60.7 Å². The first-order chi connectivity index (χ1) is 16.2. The predicted octanol–water partition coefficient (Wildman–Crippen LogP) is 4.56. The van der Waals surface area contributed by atoms with Gasteiger partial charge in [-0.3, -0.25) is 4.90 Å². The third-order valence-electron chi connectivity index (χ3n) is 6.13. The van der Waals surface area contributed by atoms with Crippen molar-refractivity contribution in [2.45, 2.75) is 6.54 Å². The number of benzene rings is 2. The zero-order chi connectivity index (χ0) is 22.6. The standard InChI is InChI=1S/C26H27ClN6/c1-31-14-16-32(17-15-31)18-19-33-26-23(22(30-33)13-12-20-8-4-2-5-9-20)24(27)25(28-29-26)21-10-6-3-7-11-21/h2-13H,14-19H2,1H3. The number of likely N-dealkylation sites (N-methyl/N-ethyl adjacent to an activating group) is 1. The fourth-order valence-electron chi connectivity index (χ4n) is 4.14. The highest BCUT2D eigenvalue weighted by molar-refractivity contribution is 6.38. The van der Waals surface area contributed by atoms with Crippen LogP contribution in [0.5, 0.6) is 0 Å². The van der Waals surface area contributed by atoms with Gasteiger partial charge < -0.3 is 4.90 Å². The van der Waals surface area contributed by atoms with Gasteiger partial charge in [-0.2, -0.15) is 5.10 Å². The van der Waals surface area contributed by atoms with E-state index in [9.17, 15) is 0 Å². The van der Waals surface area contributed by atoms with Gasteiger partial charge in [-0.05, 0) is 18.7 Å². The Bertz CT molecular complexity index is 1240. The van der Waals surface area contributed by atoms with Crippen LogP contribution in [-0.4, -0.2) is 69.5 Å². The molecule has 0 bridgehead atoms. The molecule has 2 aromatic carbocycles. The van der Waals surface area contributed by atoms with Gasteiger partial charge in [-0.1, -0.05) is 78.3 Å². The Morgan fingerprint density at radius 1 is 0.848 bits per heavy atom. The van der Waals surface area contributed by atoms with Crippen molar-refractivity contribution in [1.29, 1.82) is 0 Å². The lowest BCUT2D eigenvalue weighted by molar-refractivity contribution is 0.149. The molecule has 4 aromatic rings. The fraction of sp³-hybridized carbons (Fsp3) is 0.269. The van der Waals surface area contributed by atoms with Crippen molar-refractivity contribution >= 4 is 34.8 Å². The molecule has 168 valence electrons. The number of halogens is 1. The molecule has 7 heteroatoms. The van der Waals surface area contributed by atoms with E-state index >= 15 is 0 Å². The summed E-state index contributed by atoms with van der Waals surface area (Å²) in [7, 11) is 2.17. The summed E-state index contributed by atoms with van der Waals surface area (Å²) < 4.78 is 1.95. The molecule has 33 heavy (non-hydrogen) atoms. The second-order valence-electron chi connectivity index (χ2n) is 8.42. The average molecular weight is 459 g/mol. The van der Waals surface area contributed by atoms with E-state index in [0.29, 0.717) is 10.7 Å². The normalized spacial score (nSPS) is 15.6. The van der Waals surface area contributed by atoms with Crippen molar-refractivity contribution in [3.05, 3.63) is 76.9 Å². The van der Waals surface area contributed by atoms with E-state index in [1.807, 2.05) is 59.3 Å². The molecule has 0 unspecified atom stereocenters. The number of fused-ring (bicyclic) bond motifs is 1. The minimum Gasteiger partial charge on any atom is -0.304 e. The van der Waals surface area contributed by atoms with Crippen LogP contribution in [0, 0.1) is 0 Å². The number of aromatic nitrogens is 4. The van der Waals surface area contributed by atoms with Crippen molar-refractivity contribution in [3.8, 4) is 11.3 Å². The number of piperazine rings is 1. The molecule has 1 aliphatic rings. The molecule has 0 N–H and O–H groups in total. The second-order valence-corrected chi connectivity index (χ2v) is 8.80. The van der Waals surface area contributed by atoms with E-state index in [4.69, 9.17) is 16.7 Å². The van der Waals surface area contributed by atoms with Gasteiger partial charge in [0.05, 0.1) is 22.6 Å². The number of nitrogens with zero attached hydrogens (tertiary/aromatic N) is 6. The third kappa shape index (κ3) is 4.83. The summed E-state index contributed by atoms with van der Waals surface area (Å²) in [6.45, 7) is 6.00. The Kier molecular flexibility index (Phi) is 6.48. The van der Waals surface area contributed by atoms with Gasteiger partial charge in [-0.25, -0.2) is 4.68 Å². The van der Waals surface area contributed by atoms with E-state index < -0.39 is 0 Å². The maximum atomic E-state index is 6.94. The minimum absolute atomic E-state index is 0.588. The maximum Gasteiger partial charge on any atom is 0.182 e. The molecular formula is C26H27ClN6. The van der Waals surface area contributed by atoms with Gasteiger partial charge in [0, 0.05) is 38.3 Å². The highest BCUT2D eigenvalue weighted by Gasteiger charge is 2.20. The van der Waals surface area contributed by atoms with Crippen LogP contribution in [0.2, 0.25) is 5.02 Å². The van der Waals surface area contributed by atoms with Gasteiger partial charge in [0.15, 0.2) is 5.65 Å². The van der Waals surface area contributed by atoms with Crippen LogP contribution in [-0.2, 0) is 6.54 Å². The average Bonchev–Trinajstić information content (AvgIpc) is 3.22. The SMILES string of the molecule is CN1CCN(CCn2nc(C=Cc3ccccc3)c3c(Cl)c(-c4ccccc4)nnc32)CC1. The van der Waals surface area contributed by atoms with E-state index in [2.05, 4.69) is 45.3 Å². The molecule has 0 aliphatic carbocycles. The number of hydrogen-bond acceptors (Lipinski definition) is 5. The highest BCUT2D eigenvalue weighted by Crippen LogP contribution is 2.34. The predicted molar refractivity (Wildman–Crippen MR) is 135 cm³/mol. The molecule has 0 amide bonds. The Labute approximate surface area is 199 Å². The smallest absolute Gasteiger partial charge is 0.182 e. The van der Waals surface area contributed by atoms with Gasteiger partial charge in [0.2, 0.25) is 0 Å². The summed E-state index contributed by atoms with van der Waals surface area (Å²) in [4.78, 5) is 4.84. The zero-order valence-corrected chi connectivity index (χ0v) is 19.5. The second kappa shape index (κ2) is 9.83. The van der Waals surface area contributed by atoms with E-state index in [1.54, 1.807) is 0 Å². The molecule has 0 radical (unpaired) electrons. The quantitative estimate of drug-likeness (QED) is 0.423. The van der Waals surface area contributed by atoms with Crippen molar-refractivity contribution in [3.63, 3.8) is 0 Å². The van der Waals surface area contributed by atoms with Gasteiger partial charge in [0.25, 0.3) is 0 Å². The molecule has 1 saturated heterocycles. The van der Waals surface area contributed by atoms with Crippen LogP contribution >= 0.6 is 11.6 Å². The van der Waals surface area contributed by atoms with Crippen LogP contribution in [0.3, 0.4) is 0 Å². The molecule has 1 fully saturated rings. The van der Waals surface area contributed by atoms with Crippen molar-refractivity contribution in [1.82, 2.24) is 29.8 Å². The van der Waals surface area contributed by atoms with Gasteiger partial charge in [-0.15, -0.1) is 10.2 Å². The summed E-state index contributed by atoms with van der Waals surface area (Å²) >= 11 is 6.94. The molecule has 0 spiro atoms. The van der Waals surface area contributed by atoms with Crippen LogP contribution in [0.1, 0.15) is 11.3 Å². The molecule has 1 aliphatic heterocycles.